The van der Waals surface area contributed by atoms with Gasteiger partial charge in [-0.3, -0.25) is 4.79 Å². The molecule has 3 N–H and O–H groups in total. The van der Waals surface area contributed by atoms with Crippen LogP contribution in [-0.4, -0.2) is 33.3 Å². The molecule has 0 saturated carbocycles. The third-order valence-corrected chi connectivity index (χ3v) is 5.07. The maximum absolute atomic E-state index is 13.0. The van der Waals surface area contributed by atoms with E-state index in [0.717, 1.165) is 17.5 Å². The molecule has 7 heteroatoms. The second-order valence-electron chi connectivity index (χ2n) is 8.05. The molecule has 0 saturated heterocycles. The van der Waals surface area contributed by atoms with Crippen LogP contribution in [0.1, 0.15) is 41.8 Å². The van der Waals surface area contributed by atoms with Crippen molar-refractivity contribution >= 4 is 40.1 Å². The SMILES string of the molecule is Cc1cccc(C=Nn2c(N)c(C(=O)NCCC(C)C)c3nc4ccccc4nc32)c1. The monoisotopic (exact) mass is 414 g/mol. The van der Waals surface area contributed by atoms with E-state index < -0.39 is 0 Å². The molecule has 2 heterocycles. The molecule has 4 rings (SSSR count). The van der Waals surface area contributed by atoms with Gasteiger partial charge in [-0.25, -0.2) is 9.97 Å². The van der Waals surface area contributed by atoms with Crippen LogP contribution < -0.4 is 11.1 Å². The summed E-state index contributed by atoms with van der Waals surface area (Å²) in [5.74, 6) is 0.440. The lowest BCUT2D eigenvalue weighted by Crippen LogP contribution is -2.26. The number of carbonyl (C=O) groups excluding carboxylic acids is 1. The summed E-state index contributed by atoms with van der Waals surface area (Å²) in [5, 5.41) is 7.50. The largest absolute Gasteiger partial charge is 0.383 e. The first-order chi connectivity index (χ1) is 14.9. The predicted molar refractivity (Wildman–Crippen MR) is 125 cm³/mol. The van der Waals surface area contributed by atoms with Crippen molar-refractivity contribution in [2.75, 3.05) is 12.3 Å². The minimum absolute atomic E-state index is 0.219. The molecule has 4 aromatic rings. The molecule has 0 aliphatic rings. The lowest BCUT2D eigenvalue weighted by molar-refractivity contribution is 0.0954. The van der Waals surface area contributed by atoms with E-state index >= 15 is 0 Å². The number of hydrogen-bond acceptors (Lipinski definition) is 5. The van der Waals surface area contributed by atoms with Gasteiger partial charge in [0, 0.05) is 6.54 Å². The van der Waals surface area contributed by atoms with E-state index in [-0.39, 0.29) is 11.7 Å². The Kier molecular flexibility index (Phi) is 5.66. The summed E-state index contributed by atoms with van der Waals surface area (Å²) < 4.78 is 1.49. The van der Waals surface area contributed by atoms with E-state index in [9.17, 15) is 4.79 Å². The Morgan fingerprint density at radius 3 is 2.61 bits per heavy atom. The molecule has 158 valence electrons. The van der Waals surface area contributed by atoms with Gasteiger partial charge in [0.2, 0.25) is 0 Å². The van der Waals surface area contributed by atoms with Crippen molar-refractivity contribution in [1.29, 1.82) is 0 Å². The lowest BCUT2D eigenvalue weighted by Gasteiger charge is -2.07. The standard InChI is InChI=1S/C24H26N6O/c1-15(2)11-12-26-24(31)20-21-23(29-19-10-5-4-9-18(19)28-21)30(22(20)25)27-14-17-8-6-7-16(3)13-17/h4-10,13-15H,11-12,25H2,1-3H3,(H,26,31). The Hall–Kier alpha value is -3.74. The molecule has 0 fully saturated rings. The molecule has 0 bridgehead atoms. The number of fused-ring (bicyclic) bond motifs is 2. The summed E-state index contributed by atoms with van der Waals surface area (Å²) in [7, 11) is 0. The topological polar surface area (TPSA) is 98.2 Å². The lowest BCUT2D eigenvalue weighted by atomic mass is 10.1. The van der Waals surface area contributed by atoms with Gasteiger partial charge in [0.25, 0.3) is 5.91 Å². The molecular weight excluding hydrogens is 388 g/mol. The number of benzene rings is 2. The third-order valence-electron chi connectivity index (χ3n) is 5.07. The van der Waals surface area contributed by atoms with Crippen LogP contribution >= 0.6 is 0 Å². The van der Waals surface area contributed by atoms with Crippen molar-refractivity contribution in [3.05, 3.63) is 65.2 Å². The molecule has 0 unspecified atom stereocenters. The summed E-state index contributed by atoms with van der Waals surface area (Å²) in [4.78, 5) is 22.4. The van der Waals surface area contributed by atoms with Crippen LogP contribution in [0.5, 0.6) is 0 Å². The maximum Gasteiger partial charge on any atom is 0.257 e. The van der Waals surface area contributed by atoms with E-state index in [4.69, 9.17) is 15.7 Å². The van der Waals surface area contributed by atoms with Crippen LogP contribution in [0.2, 0.25) is 0 Å². The quantitative estimate of drug-likeness (QED) is 0.463. The number of aromatic nitrogens is 3. The second kappa shape index (κ2) is 8.55. The highest BCUT2D eigenvalue weighted by Gasteiger charge is 2.23. The number of nitrogens with one attached hydrogen (secondary N) is 1. The van der Waals surface area contributed by atoms with Gasteiger partial charge in [-0.05, 0) is 37.0 Å². The molecule has 0 spiro atoms. The van der Waals surface area contributed by atoms with Crippen molar-refractivity contribution in [3.63, 3.8) is 0 Å². The first kappa shape index (κ1) is 20.5. The fourth-order valence-electron chi connectivity index (χ4n) is 3.43. The Bertz CT molecular complexity index is 1290. The van der Waals surface area contributed by atoms with Gasteiger partial charge in [0.1, 0.15) is 16.9 Å². The van der Waals surface area contributed by atoms with Gasteiger partial charge < -0.3 is 11.1 Å². The molecule has 0 atom stereocenters. The van der Waals surface area contributed by atoms with Crippen molar-refractivity contribution in [2.24, 2.45) is 11.0 Å². The maximum atomic E-state index is 13.0. The van der Waals surface area contributed by atoms with Crippen LogP contribution in [0, 0.1) is 12.8 Å². The van der Waals surface area contributed by atoms with E-state index in [1.807, 2.05) is 55.5 Å². The van der Waals surface area contributed by atoms with E-state index in [1.54, 1.807) is 6.21 Å². The fraction of sp³-hybridized carbons (Fsp3) is 0.250. The van der Waals surface area contributed by atoms with Gasteiger partial charge in [0.15, 0.2) is 5.65 Å². The molecule has 31 heavy (non-hydrogen) atoms. The Morgan fingerprint density at radius 1 is 1.16 bits per heavy atom. The van der Waals surface area contributed by atoms with E-state index in [1.165, 1.54) is 4.68 Å². The average Bonchev–Trinajstić information content (AvgIpc) is 3.00. The van der Waals surface area contributed by atoms with Gasteiger partial charge >= 0.3 is 0 Å². The summed E-state index contributed by atoms with van der Waals surface area (Å²) in [6.07, 6.45) is 2.59. The third kappa shape index (κ3) is 4.26. The van der Waals surface area contributed by atoms with Gasteiger partial charge in [-0.2, -0.15) is 9.78 Å². The molecule has 1 amide bonds. The first-order valence-corrected chi connectivity index (χ1v) is 10.4. The molecule has 0 aliphatic carbocycles. The van der Waals surface area contributed by atoms with Crippen LogP contribution in [0.15, 0.2) is 53.6 Å². The number of carbonyl (C=O) groups is 1. The number of anilines is 1. The highest BCUT2D eigenvalue weighted by atomic mass is 16.1. The minimum Gasteiger partial charge on any atom is -0.383 e. The summed E-state index contributed by atoms with van der Waals surface area (Å²) in [5.41, 5.74) is 11.1. The molecule has 0 aliphatic heterocycles. The molecule has 7 nitrogen and oxygen atoms in total. The van der Waals surface area contributed by atoms with E-state index in [0.29, 0.717) is 40.2 Å². The number of aryl methyl sites for hydroxylation is 1. The molecular formula is C24H26N6O. The molecule has 0 radical (unpaired) electrons. The minimum atomic E-state index is -0.266. The Balaban J connectivity index is 1.83. The second-order valence-corrected chi connectivity index (χ2v) is 8.05. The number of rotatable bonds is 6. The number of nitrogens with two attached hydrogens (primary N) is 1. The zero-order valence-corrected chi connectivity index (χ0v) is 18.0. The Morgan fingerprint density at radius 2 is 1.90 bits per heavy atom. The van der Waals surface area contributed by atoms with Gasteiger partial charge in [-0.15, -0.1) is 0 Å². The van der Waals surface area contributed by atoms with Crippen LogP contribution in [-0.2, 0) is 0 Å². The zero-order chi connectivity index (χ0) is 22.0. The van der Waals surface area contributed by atoms with Crippen molar-refractivity contribution in [2.45, 2.75) is 27.2 Å². The van der Waals surface area contributed by atoms with Gasteiger partial charge in [0.05, 0.1) is 17.2 Å². The molecule has 2 aromatic carbocycles. The zero-order valence-electron chi connectivity index (χ0n) is 18.0. The summed E-state index contributed by atoms with van der Waals surface area (Å²) in [6.45, 7) is 6.82. The number of nitrogens with zero attached hydrogens (tertiary/aromatic N) is 4. The molecule has 2 aromatic heterocycles. The van der Waals surface area contributed by atoms with Crippen molar-refractivity contribution in [1.82, 2.24) is 20.0 Å². The highest BCUT2D eigenvalue weighted by molar-refractivity contribution is 6.10. The normalized spacial score (nSPS) is 11.7. The van der Waals surface area contributed by atoms with Crippen LogP contribution in [0.25, 0.3) is 22.2 Å². The van der Waals surface area contributed by atoms with Gasteiger partial charge in [-0.1, -0.05) is 55.8 Å². The van der Waals surface area contributed by atoms with Crippen molar-refractivity contribution in [3.8, 4) is 0 Å². The van der Waals surface area contributed by atoms with Crippen LogP contribution in [0.3, 0.4) is 0 Å². The highest BCUT2D eigenvalue weighted by Crippen LogP contribution is 2.27. The summed E-state index contributed by atoms with van der Waals surface area (Å²) in [6, 6.07) is 15.5. The number of nitrogen functional groups attached to an aromatic ring is 1. The number of amides is 1. The predicted octanol–water partition coefficient (Wildman–Crippen LogP) is 4.13. The fourth-order valence-corrected chi connectivity index (χ4v) is 3.43. The smallest absolute Gasteiger partial charge is 0.257 e. The number of para-hydroxylation sites is 2. The van der Waals surface area contributed by atoms with Crippen LogP contribution in [0.4, 0.5) is 5.82 Å². The van der Waals surface area contributed by atoms with E-state index in [2.05, 4.69) is 24.3 Å². The average molecular weight is 415 g/mol. The Labute approximate surface area is 181 Å². The summed E-state index contributed by atoms with van der Waals surface area (Å²) >= 11 is 0. The number of hydrogen-bond donors (Lipinski definition) is 2. The first-order valence-electron chi connectivity index (χ1n) is 10.4. The van der Waals surface area contributed by atoms with Crippen molar-refractivity contribution < 1.29 is 4.79 Å².